The second-order valence-corrected chi connectivity index (χ2v) is 3.19. The Hall–Kier alpha value is -0.160. The van der Waals surface area contributed by atoms with Crippen molar-refractivity contribution in [3.8, 4) is 0 Å². The lowest BCUT2D eigenvalue weighted by Gasteiger charge is -2.13. The van der Waals surface area contributed by atoms with Gasteiger partial charge in [-0.15, -0.1) is 0 Å². The first kappa shape index (κ1) is 12.8. The maximum atomic E-state index is 9.28. The highest BCUT2D eigenvalue weighted by Gasteiger charge is 2.03. The molecule has 0 amide bonds. The highest BCUT2D eigenvalue weighted by molar-refractivity contribution is 4.51. The Bertz CT molecular complexity index is 109. The third-order valence-corrected chi connectivity index (χ3v) is 1.51. The number of aliphatic hydroxyl groups excluding tert-OH is 1. The molecule has 0 bridgehead atoms. The monoisotopic (exact) mass is 191 g/mol. The molecule has 0 aromatic rings. The summed E-state index contributed by atoms with van der Waals surface area (Å²) >= 11 is 0. The minimum absolute atomic E-state index is 0.355. The highest BCUT2D eigenvalue weighted by atomic mass is 16.5. The maximum absolute atomic E-state index is 9.28. The summed E-state index contributed by atoms with van der Waals surface area (Å²) < 4.78 is 10.3. The largest absolute Gasteiger partial charge is 0.388 e. The molecular weight excluding hydrogens is 170 g/mol. The average Bonchev–Trinajstić information content (AvgIpc) is 2.08. The van der Waals surface area contributed by atoms with Gasteiger partial charge in [-0.2, -0.15) is 0 Å². The molecule has 0 spiro atoms. The van der Waals surface area contributed by atoms with Gasteiger partial charge in [-0.05, 0) is 21.0 Å². The SMILES string of the molecule is CCOCC(O)COCCN(C)C. The average molecular weight is 191 g/mol. The summed E-state index contributed by atoms with van der Waals surface area (Å²) in [5, 5.41) is 9.28. The third kappa shape index (κ3) is 9.76. The molecule has 0 aromatic heterocycles. The second kappa shape index (κ2) is 8.44. The van der Waals surface area contributed by atoms with Gasteiger partial charge in [0.2, 0.25) is 0 Å². The number of likely N-dealkylation sites (N-methyl/N-ethyl adjacent to an activating group) is 1. The second-order valence-electron chi connectivity index (χ2n) is 3.19. The molecule has 0 aliphatic rings. The van der Waals surface area contributed by atoms with Crippen LogP contribution >= 0.6 is 0 Å². The molecule has 0 fully saturated rings. The quantitative estimate of drug-likeness (QED) is 0.547. The van der Waals surface area contributed by atoms with Crippen LogP contribution in [0.2, 0.25) is 0 Å². The Kier molecular flexibility index (Phi) is 8.33. The summed E-state index contributed by atoms with van der Waals surface area (Å²) in [6, 6.07) is 0. The van der Waals surface area contributed by atoms with E-state index in [1.54, 1.807) is 0 Å². The molecule has 13 heavy (non-hydrogen) atoms. The van der Waals surface area contributed by atoms with Gasteiger partial charge in [0.1, 0.15) is 6.10 Å². The van der Waals surface area contributed by atoms with E-state index in [0.29, 0.717) is 26.4 Å². The summed E-state index contributed by atoms with van der Waals surface area (Å²) in [5.41, 5.74) is 0. The summed E-state index contributed by atoms with van der Waals surface area (Å²) in [4.78, 5) is 2.04. The van der Waals surface area contributed by atoms with Gasteiger partial charge < -0.3 is 19.5 Å². The van der Waals surface area contributed by atoms with Crippen LogP contribution in [0.5, 0.6) is 0 Å². The number of ether oxygens (including phenoxy) is 2. The summed E-state index contributed by atoms with van der Waals surface area (Å²) in [5.74, 6) is 0. The number of rotatable bonds is 8. The van der Waals surface area contributed by atoms with Gasteiger partial charge in [0.25, 0.3) is 0 Å². The molecule has 4 heteroatoms. The lowest BCUT2D eigenvalue weighted by molar-refractivity contribution is -0.0182. The van der Waals surface area contributed by atoms with Crippen molar-refractivity contribution >= 4 is 0 Å². The minimum atomic E-state index is -0.498. The van der Waals surface area contributed by atoms with Gasteiger partial charge >= 0.3 is 0 Å². The lowest BCUT2D eigenvalue weighted by Crippen LogP contribution is -2.25. The molecule has 4 nitrogen and oxygen atoms in total. The number of hydrogen-bond acceptors (Lipinski definition) is 4. The fourth-order valence-corrected chi connectivity index (χ4v) is 0.768. The molecule has 0 rings (SSSR count). The van der Waals surface area contributed by atoms with Crippen LogP contribution in [0.1, 0.15) is 6.92 Å². The van der Waals surface area contributed by atoms with Crippen LogP contribution in [0.4, 0.5) is 0 Å². The lowest BCUT2D eigenvalue weighted by atomic mass is 10.4. The number of nitrogens with zero attached hydrogens (tertiary/aromatic N) is 1. The van der Waals surface area contributed by atoms with E-state index in [1.807, 2.05) is 25.9 Å². The minimum Gasteiger partial charge on any atom is -0.388 e. The molecule has 0 saturated carbocycles. The molecule has 1 unspecified atom stereocenters. The van der Waals surface area contributed by atoms with Crippen LogP contribution in [0.3, 0.4) is 0 Å². The van der Waals surface area contributed by atoms with Crippen LogP contribution < -0.4 is 0 Å². The van der Waals surface area contributed by atoms with Crippen LogP contribution in [0, 0.1) is 0 Å². The molecule has 0 saturated heterocycles. The Balaban J connectivity index is 3.12. The van der Waals surface area contributed by atoms with Crippen molar-refractivity contribution in [1.29, 1.82) is 0 Å². The van der Waals surface area contributed by atoms with Crippen molar-refractivity contribution in [3.05, 3.63) is 0 Å². The van der Waals surface area contributed by atoms with Gasteiger partial charge in [-0.1, -0.05) is 0 Å². The molecule has 80 valence electrons. The van der Waals surface area contributed by atoms with Crippen LogP contribution in [-0.2, 0) is 9.47 Å². The van der Waals surface area contributed by atoms with E-state index in [-0.39, 0.29) is 0 Å². The van der Waals surface area contributed by atoms with Gasteiger partial charge in [-0.25, -0.2) is 0 Å². The topological polar surface area (TPSA) is 41.9 Å². The Morgan fingerprint density at radius 1 is 1.23 bits per heavy atom. The number of aliphatic hydroxyl groups is 1. The standard InChI is InChI=1S/C9H21NO3/c1-4-12-7-9(11)8-13-6-5-10(2)3/h9,11H,4-8H2,1-3H3. The maximum Gasteiger partial charge on any atom is 0.101 e. The van der Waals surface area contributed by atoms with Gasteiger partial charge in [-0.3, -0.25) is 0 Å². The Morgan fingerprint density at radius 3 is 2.38 bits per heavy atom. The molecular formula is C9H21NO3. The molecule has 1 atom stereocenters. The van der Waals surface area contributed by atoms with E-state index >= 15 is 0 Å². The predicted octanol–water partition coefficient (Wildman–Crippen LogP) is -0.0380. The van der Waals surface area contributed by atoms with Gasteiger partial charge in [0, 0.05) is 13.2 Å². The van der Waals surface area contributed by atoms with E-state index in [9.17, 15) is 5.11 Å². The van der Waals surface area contributed by atoms with Gasteiger partial charge in [0.05, 0.1) is 19.8 Å². The summed E-state index contributed by atoms with van der Waals surface area (Å²) in [6.45, 7) is 4.78. The first-order valence-corrected chi connectivity index (χ1v) is 4.65. The zero-order chi connectivity index (χ0) is 10.1. The normalized spacial score (nSPS) is 13.6. The Morgan fingerprint density at radius 2 is 1.85 bits per heavy atom. The van der Waals surface area contributed by atoms with Crippen molar-refractivity contribution in [2.75, 3.05) is 47.1 Å². The van der Waals surface area contributed by atoms with E-state index in [1.165, 1.54) is 0 Å². The van der Waals surface area contributed by atoms with E-state index in [4.69, 9.17) is 9.47 Å². The molecule has 1 N–H and O–H groups in total. The molecule has 0 radical (unpaired) electrons. The van der Waals surface area contributed by atoms with Crippen molar-refractivity contribution in [3.63, 3.8) is 0 Å². The molecule has 0 aliphatic heterocycles. The zero-order valence-corrected chi connectivity index (χ0v) is 8.82. The van der Waals surface area contributed by atoms with Crippen molar-refractivity contribution in [2.45, 2.75) is 13.0 Å². The van der Waals surface area contributed by atoms with Gasteiger partial charge in [0.15, 0.2) is 0 Å². The van der Waals surface area contributed by atoms with Crippen LogP contribution in [0.15, 0.2) is 0 Å². The van der Waals surface area contributed by atoms with E-state index < -0.39 is 6.10 Å². The molecule has 0 aromatic carbocycles. The smallest absolute Gasteiger partial charge is 0.101 e. The zero-order valence-electron chi connectivity index (χ0n) is 8.82. The fourth-order valence-electron chi connectivity index (χ4n) is 0.768. The van der Waals surface area contributed by atoms with E-state index in [2.05, 4.69) is 0 Å². The predicted molar refractivity (Wildman–Crippen MR) is 51.9 cm³/mol. The van der Waals surface area contributed by atoms with Crippen molar-refractivity contribution < 1.29 is 14.6 Å². The number of hydrogen-bond donors (Lipinski definition) is 1. The highest BCUT2D eigenvalue weighted by Crippen LogP contribution is 1.88. The first-order chi connectivity index (χ1) is 6.16. The Labute approximate surface area is 80.4 Å². The first-order valence-electron chi connectivity index (χ1n) is 4.65. The van der Waals surface area contributed by atoms with Crippen molar-refractivity contribution in [2.24, 2.45) is 0 Å². The van der Waals surface area contributed by atoms with Crippen LogP contribution in [0.25, 0.3) is 0 Å². The summed E-state index contributed by atoms with van der Waals surface area (Å²) in [6.07, 6.45) is -0.498. The van der Waals surface area contributed by atoms with E-state index in [0.717, 1.165) is 6.54 Å². The molecule has 0 aliphatic carbocycles. The molecule has 0 heterocycles. The van der Waals surface area contributed by atoms with Crippen LogP contribution in [-0.4, -0.2) is 63.2 Å². The van der Waals surface area contributed by atoms with Crippen molar-refractivity contribution in [1.82, 2.24) is 4.90 Å². The third-order valence-electron chi connectivity index (χ3n) is 1.51. The summed E-state index contributed by atoms with van der Waals surface area (Å²) in [7, 11) is 3.97. The fraction of sp³-hybridized carbons (Fsp3) is 1.00.